The van der Waals surface area contributed by atoms with Gasteiger partial charge in [0.05, 0.1) is 12.2 Å². The van der Waals surface area contributed by atoms with Crippen molar-refractivity contribution in [1.82, 2.24) is 15.1 Å². The third-order valence-corrected chi connectivity index (χ3v) is 5.29. The lowest BCUT2D eigenvalue weighted by atomic mass is 9.99. The topological polar surface area (TPSA) is 35.6 Å². The first-order valence-electron chi connectivity index (χ1n) is 8.31. The zero-order valence-corrected chi connectivity index (χ0v) is 13.6. The Morgan fingerprint density at radius 1 is 1.40 bits per heavy atom. The first kappa shape index (κ1) is 15.8. The van der Waals surface area contributed by atoms with Crippen LogP contribution in [0.25, 0.3) is 0 Å². The summed E-state index contributed by atoms with van der Waals surface area (Å²) >= 11 is 0. The third kappa shape index (κ3) is 3.34. The molecule has 1 aliphatic carbocycles. The Morgan fingerprint density at radius 2 is 2.05 bits per heavy atom. The number of amides is 1. The number of likely N-dealkylation sites (N-methyl/N-ethyl adjacent to an activating group) is 1. The average Bonchev–Trinajstić information content (AvgIpc) is 3.05. The molecule has 20 heavy (non-hydrogen) atoms. The van der Waals surface area contributed by atoms with Crippen molar-refractivity contribution in [3.63, 3.8) is 0 Å². The minimum absolute atomic E-state index is 0.0202. The van der Waals surface area contributed by atoms with Crippen LogP contribution >= 0.6 is 0 Å². The average molecular weight is 281 g/mol. The molecule has 116 valence electrons. The van der Waals surface area contributed by atoms with Crippen molar-refractivity contribution in [2.24, 2.45) is 5.92 Å². The van der Waals surface area contributed by atoms with Gasteiger partial charge in [0.1, 0.15) is 0 Å². The van der Waals surface area contributed by atoms with Gasteiger partial charge in [-0.05, 0) is 32.7 Å². The van der Waals surface area contributed by atoms with Crippen molar-refractivity contribution >= 4 is 5.91 Å². The van der Waals surface area contributed by atoms with Crippen LogP contribution < -0.4 is 5.32 Å². The molecule has 4 heteroatoms. The minimum Gasteiger partial charge on any atom is -0.325 e. The fourth-order valence-electron chi connectivity index (χ4n) is 3.53. The fourth-order valence-corrected chi connectivity index (χ4v) is 3.53. The van der Waals surface area contributed by atoms with Crippen LogP contribution in [0.4, 0.5) is 0 Å². The Kier molecular flexibility index (Phi) is 5.44. The van der Waals surface area contributed by atoms with Crippen LogP contribution in [0.1, 0.15) is 52.9 Å². The molecular weight excluding hydrogens is 250 g/mol. The molecule has 0 aromatic rings. The molecule has 4 nitrogen and oxygen atoms in total. The predicted molar refractivity (Wildman–Crippen MR) is 82.4 cm³/mol. The molecule has 0 spiro atoms. The monoisotopic (exact) mass is 281 g/mol. The maximum Gasteiger partial charge on any atom is 0.241 e. The summed E-state index contributed by atoms with van der Waals surface area (Å²) in [5, 5.41) is 3.46. The van der Waals surface area contributed by atoms with Crippen LogP contribution in [-0.4, -0.2) is 54.1 Å². The van der Waals surface area contributed by atoms with E-state index in [1.165, 1.54) is 25.7 Å². The van der Waals surface area contributed by atoms with Gasteiger partial charge in [-0.3, -0.25) is 10.1 Å². The molecule has 2 aliphatic rings. The summed E-state index contributed by atoms with van der Waals surface area (Å²) in [5.74, 6) is 0.717. The summed E-state index contributed by atoms with van der Waals surface area (Å²) < 4.78 is 0. The normalized spacial score (nSPS) is 29.6. The van der Waals surface area contributed by atoms with Crippen molar-refractivity contribution < 1.29 is 4.79 Å². The molecule has 1 saturated carbocycles. The van der Waals surface area contributed by atoms with Crippen molar-refractivity contribution in [1.29, 1.82) is 0 Å². The van der Waals surface area contributed by atoms with Crippen LogP contribution in [0.15, 0.2) is 0 Å². The number of carbonyl (C=O) groups is 1. The molecule has 1 saturated heterocycles. The number of hydrogen-bond acceptors (Lipinski definition) is 3. The summed E-state index contributed by atoms with van der Waals surface area (Å²) in [4.78, 5) is 17.0. The largest absolute Gasteiger partial charge is 0.325 e. The van der Waals surface area contributed by atoms with E-state index in [1.54, 1.807) is 0 Å². The highest BCUT2D eigenvalue weighted by atomic mass is 16.2. The molecule has 2 rings (SSSR count). The van der Waals surface area contributed by atoms with Crippen LogP contribution in [0.5, 0.6) is 0 Å². The Bertz CT molecular complexity index is 328. The SMILES string of the molecule is CCC(C)C1NC(C)N(CCN(C)C2CCCC2)C1=O. The van der Waals surface area contributed by atoms with E-state index in [1.807, 2.05) is 4.90 Å². The molecular formula is C16H31N3O. The van der Waals surface area contributed by atoms with Gasteiger partial charge in [-0.1, -0.05) is 33.1 Å². The van der Waals surface area contributed by atoms with Crippen molar-refractivity contribution in [3.8, 4) is 0 Å². The second-order valence-corrected chi connectivity index (χ2v) is 6.66. The van der Waals surface area contributed by atoms with Gasteiger partial charge in [-0.2, -0.15) is 0 Å². The van der Waals surface area contributed by atoms with Gasteiger partial charge in [-0.25, -0.2) is 0 Å². The zero-order chi connectivity index (χ0) is 14.7. The highest BCUT2D eigenvalue weighted by molar-refractivity contribution is 5.84. The highest BCUT2D eigenvalue weighted by Crippen LogP contribution is 2.23. The van der Waals surface area contributed by atoms with Crippen LogP contribution in [0.3, 0.4) is 0 Å². The lowest BCUT2D eigenvalue weighted by molar-refractivity contribution is -0.130. The van der Waals surface area contributed by atoms with Crippen molar-refractivity contribution in [2.75, 3.05) is 20.1 Å². The van der Waals surface area contributed by atoms with Crippen molar-refractivity contribution in [3.05, 3.63) is 0 Å². The van der Waals surface area contributed by atoms with E-state index in [2.05, 4.69) is 38.0 Å². The standard InChI is InChI=1S/C16H31N3O/c1-5-12(2)15-16(20)19(13(3)17-15)11-10-18(4)14-8-6-7-9-14/h12-15,17H,5-11H2,1-4H3. The molecule has 1 aliphatic heterocycles. The van der Waals surface area contributed by atoms with Crippen LogP contribution in [0.2, 0.25) is 0 Å². The van der Waals surface area contributed by atoms with Gasteiger partial charge in [-0.15, -0.1) is 0 Å². The quantitative estimate of drug-likeness (QED) is 0.809. The summed E-state index contributed by atoms with van der Waals surface area (Å²) in [6.45, 7) is 8.27. The molecule has 0 radical (unpaired) electrons. The number of hydrogen-bond donors (Lipinski definition) is 1. The Labute approximate surface area is 123 Å². The van der Waals surface area contributed by atoms with Gasteiger partial charge >= 0.3 is 0 Å². The number of rotatable bonds is 6. The summed E-state index contributed by atoms with van der Waals surface area (Å²) in [6.07, 6.45) is 6.61. The molecule has 1 heterocycles. The van der Waals surface area contributed by atoms with Gasteiger partial charge < -0.3 is 9.80 Å². The van der Waals surface area contributed by atoms with E-state index in [9.17, 15) is 4.79 Å². The second-order valence-electron chi connectivity index (χ2n) is 6.66. The molecule has 1 amide bonds. The third-order valence-electron chi connectivity index (χ3n) is 5.29. The van der Waals surface area contributed by atoms with E-state index >= 15 is 0 Å². The number of nitrogens with zero attached hydrogens (tertiary/aromatic N) is 2. The molecule has 0 aromatic carbocycles. The number of carbonyl (C=O) groups excluding carboxylic acids is 1. The maximum absolute atomic E-state index is 12.5. The molecule has 1 N–H and O–H groups in total. The Morgan fingerprint density at radius 3 is 2.65 bits per heavy atom. The van der Waals surface area contributed by atoms with Gasteiger partial charge in [0.25, 0.3) is 0 Å². The fraction of sp³-hybridized carbons (Fsp3) is 0.938. The van der Waals surface area contributed by atoms with E-state index < -0.39 is 0 Å². The van der Waals surface area contributed by atoms with E-state index in [-0.39, 0.29) is 12.2 Å². The molecule has 0 bridgehead atoms. The Balaban J connectivity index is 1.84. The van der Waals surface area contributed by atoms with E-state index in [0.29, 0.717) is 11.8 Å². The molecule has 3 unspecified atom stereocenters. The van der Waals surface area contributed by atoms with Crippen molar-refractivity contribution in [2.45, 2.75) is 71.1 Å². The summed E-state index contributed by atoms with van der Waals surface area (Å²) in [5.41, 5.74) is 0. The predicted octanol–water partition coefficient (Wildman–Crippen LogP) is 2.05. The summed E-state index contributed by atoms with van der Waals surface area (Å²) in [6, 6.07) is 0.758. The Hall–Kier alpha value is -0.610. The summed E-state index contributed by atoms with van der Waals surface area (Å²) in [7, 11) is 2.21. The first-order chi connectivity index (χ1) is 9.54. The van der Waals surface area contributed by atoms with E-state index in [4.69, 9.17) is 0 Å². The lowest BCUT2D eigenvalue weighted by Gasteiger charge is -2.28. The van der Waals surface area contributed by atoms with Gasteiger partial charge in [0, 0.05) is 19.1 Å². The lowest BCUT2D eigenvalue weighted by Crippen LogP contribution is -2.42. The smallest absolute Gasteiger partial charge is 0.241 e. The van der Waals surface area contributed by atoms with Gasteiger partial charge in [0.15, 0.2) is 0 Å². The second kappa shape index (κ2) is 6.90. The minimum atomic E-state index is 0.0202. The maximum atomic E-state index is 12.5. The molecule has 0 aromatic heterocycles. The van der Waals surface area contributed by atoms with Crippen LogP contribution in [-0.2, 0) is 4.79 Å². The molecule has 3 atom stereocenters. The molecule has 2 fully saturated rings. The van der Waals surface area contributed by atoms with Gasteiger partial charge in [0.2, 0.25) is 5.91 Å². The zero-order valence-electron chi connectivity index (χ0n) is 13.6. The first-order valence-corrected chi connectivity index (χ1v) is 8.31. The van der Waals surface area contributed by atoms with E-state index in [0.717, 1.165) is 25.6 Å². The highest BCUT2D eigenvalue weighted by Gasteiger charge is 2.38. The number of nitrogens with one attached hydrogen (secondary N) is 1. The van der Waals surface area contributed by atoms with Crippen LogP contribution in [0, 0.1) is 5.92 Å².